The number of aliphatic hydroxyl groups is 1. The summed E-state index contributed by atoms with van der Waals surface area (Å²) < 4.78 is 11.4. The molecule has 1 aliphatic rings. The van der Waals surface area contributed by atoms with Crippen molar-refractivity contribution in [2.75, 3.05) is 26.3 Å². The van der Waals surface area contributed by atoms with Gasteiger partial charge in [-0.25, -0.2) is 0 Å². The Balaban J connectivity index is 2.05. The van der Waals surface area contributed by atoms with Gasteiger partial charge in [-0.3, -0.25) is 0 Å². The van der Waals surface area contributed by atoms with E-state index >= 15 is 0 Å². The summed E-state index contributed by atoms with van der Waals surface area (Å²) in [5.41, 5.74) is 0. The monoisotopic (exact) mass is 287 g/mol. The van der Waals surface area contributed by atoms with E-state index in [9.17, 15) is 5.11 Å². The van der Waals surface area contributed by atoms with Crippen LogP contribution in [0.3, 0.4) is 0 Å². The summed E-state index contributed by atoms with van der Waals surface area (Å²) in [4.78, 5) is 0. The predicted octanol–water partition coefficient (Wildman–Crippen LogP) is 2.35. The maximum absolute atomic E-state index is 9.92. The van der Waals surface area contributed by atoms with Gasteiger partial charge in [0.1, 0.15) is 0 Å². The first-order valence-electron chi connectivity index (χ1n) is 8.25. The maximum atomic E-state index is 9.92. The smallest absolute Gasteiger partial charge is 0.0897 e. The van der Waals surface area contributed by atoms with Gasteiger partial charge in [0.25, 0.3) is 0 Å². The van der Waals surface area contributed by atoms with Crippen LogP contribution >= 0.6 is 0 Å². The second-order valence-corrected chi connectivity index (χ2v) is 6.10. The van der Waals surface area contributed by atoms with Crippen molar-refractivity contribution < 1.29 is 14.6 Å². The number of nitrogens with one attached hydrogen (secondary N) is 1. The molecule has 0 aromatic carbocycles. The third kappa shape index (κ3) is 7.58. The Morgan fingerprint density at radius 1 is 1.25 bits per heavy atom. The average Bonchev–Trinajstić information content (AvgIpc) is 2.44. The van der Waals surface area contributed by atoms with Gasteiger partial charge in [-0.1, -0.05) is 26.2 Å². The van der Waals surface area contributed by atoms with E-state index in [1.54, 1.807) is 0 Å². The van der Waals surface area contributed by atoms with Gasteiger partial charge in [-0.2, -0.15) is 0 Å². The molecule has 3 atom stereocenters. The Hall–Kier alpha value is -0.160. The van der Waals surface area contributed by atoms with Crippen molar-refractivity contribution in [1.29, 1.82) is 0 Å². The van der Waals surface area contributed by atoms with Crippen LogP contribution < -0.4 is 5.32 Å². The Labute approximate surface area is 124 Å². The van der Waals surface area contributed by atoms with E-state index in [0.29, 0.717) is 31.8 Å². The zero-order valence-corrected chi connectivity index (χ0v) is 13.4. The van der Waals surface area contributed by atoms with Crippen LogP contribution in [-0.4, -0.2) is 49.7 Å². The SMILES string of the molecule is CCC1CCCCC1OCC(O)CNCCOC(C)C. The maximum Gasteiger partial charge on any atom is 0.0897 e. The molecule has 1 rings (SSSR count). The number of hydrogen-bond acceptors (Lipinski definition) is 4. The Bertz CT molecular complexity index is 236. The van der Waals surface area contributed by atoms with Gasteiger partial charge in [0.05, 0.1) is 31.5 Å². The molecule has 20 heavy (non-hydrogen) atoms. The highest BCUT2D eigenvalue weighted by Crippen LogP contribution is 2.29. The summed E-state index contributed by atoms with van der Waals surface area (Å²) in [6.45, 7) is 8.76. The molecule has 0 aromatic heterocycles. The van der Waals surface area contributed by atoms with Crippen LogP contribution in [-0.2, 0) is 9.47 Å². The highest BCUT2D eigenvalue weighted by Gasteiger charge is 2.24. The van der Waals surface area contributed by atoms with Crippen LogP contribution in [0.1, 0.15) is 52.9 Å². The molecule has 0 aliphatic heterocycles. The summed E-state index contributed by atoms with van der Waals surface area (Å²) in [6.07, 6.45) is 6.41. The van der Waals surface area contributed by atoms with Gasteiger partial charge in [0.15, 0.2) is 0 Å². The molecule has 4 nitrogen and oxygen atoms in total. The zero-order valence-electron chi connectivity index (χ0n) is 13.4. The molecule has 120 valence electrons. The Morgan fingerprint density at radius 2 is 2.00 bits per heavy atom. The fraction of sp³-hybridized carbons (Fsp3) is 1.00. The van der Waals surface area contributed by atoms with E-state index in [-0.39, 0.29) is 6.10 Å². The van der Waals surface area contributed by atoms with Crippen LogP contribution in [0.15, 0.2) is 0 Å². The lowest BCUT2D eigenvalue weighted by Crippen LogP contribution is -2.36. The van der Waals surface area contributed by atoms with Gasteiger partial charge < -0.3 is 19.9 Å². The second kappa shape index (κ2) is 10.6. The van der Waals surface area contributed by atoms with Crippen LogP contribution in [0.25, 0.3) is 0 Å². The molecule has 2 N–H and O–H groups in total. The lowest BCUT2D eigenvalue weighted by atomic mass is 9.85. The third-order valence-electron chi connectivity index (χ3n) is 3.98. The molecule has 0 spiro atoms. The van der Waals surface area contributed by atoms with E-state index in [1.807, 2.05) is 13.8 Å². The van der Waals surface area contributed by atoms with Crippen molar-refractivity contribution in [1.82, 2.24) is 5.32 Å². The molecule has 0 radical (unpaired) electrons. The van der Waals surface area contributed by atoms with Crippen molar-refractivity contribution in [2.24, 2.45) is 5.92 Å². The quantitative estimate of drug-likeness (QED) is 0.606. The first-order chi connectivity index (χ1) is 9.63. The number of ether oxygens (including phenoxy) is 2. The first-order valence-corrected chi connectivity index (χ1v) is 8.25. The average molecular weight is 287 g/mol. The normalized spacial score (nSPS) is 25.1. The zero-order chi connectivity index (χ0) is 14.8. The summed E-state index contributed by atoms with van der Waals surface area (Å²) in [7, 11) is 0. The minimum absolute atomic E-state index is 0.266. The molecule has 1 aliphatic carbocycles. The van der Waals surface area contributed by atoms with E-state index in [1.165, 1.54) is 25.7 Å². The van der Waals surface area contributed by atoms with E-state index in [2.05, 4.69) is 12.2 Å². The number of hydrogen-bond donors (Lipinski definition) is 2. The Morgan fingerprint density at radius 3 is 2.70 bits per heavy atom. The van der Waals surface area contributed by atoms with Crippen molar-refractivity contribution in [3.63, 3.8) is 0 Å². The molecule has 1 saturated carbocycles. The van der Waals surface area contributed by atoms with Crippen LogP contribution in [0.2, 0.25) is 0 Å². The second-order valence-electron chi connectivity index (χ2n) is 6.10. The predicted molar refractivity (Wildman–Crippen MR) is 82.0 cm³/mol. The summed E-state index contributed by atoms with van der Waals surface area (Å²) >= 11 is 0. The highest BCUT2D eigenvalue weighted by atomic mass is 16.5. The first kappa shape index (κ1) is 17.9. The molecule has 0 heterocycles. The Kier molecular flexibility index (Phi) is 9.44. The summed E-state index contributed by atoms with van der Waals surface area (Å²) in [6, 6.07) is 0. The van der Waals surface area contributed by atoms with Crippen molar-refractivity contribution in [3.8, 4) is 0 Å². The summed E-state index contributed by atoms with van der Waals surface area (Å²) in [5.74, 6) is 0.684. The third-order valence-corrected chi connectivity index (χ3v) is 3.98. The highest BCUT2D eigenvalue weighted by molar-refractivity contribution is 4.75. The standard InChI is InChI=1S/C16H33NO3/c1-4-14-7-5-6-8-16(14)20-12-15(18)11-17-9-10-19-13(2)3/h13-18H,4-12H2,1-3H3. The van der Waals surface area contributed by atoms with Crippen LogP contribution in [0.5, 0.6) is 0 Å². The van der Waals surface area contributed by atoms with Gasteiger partial charge in [0, 0.05) is 13.1 Å². The largest absolute Gasteiger partial charge is 0.389 e. The molecule has 3 unspecified atom stereocenters. The lowest BCUT2D eigenvalue weighted by Gasteiger charge is -2.31. The lowest BCUT2D eigenvalue weighted by molar-refractivity contribution is -0.0501. The molecule has 0 amide bonds. The van der Waals surface area contributed by atoms with Crippen LogP contribution in [0.4, 0.5) is 0 Å². The molecule has 0 bridgehead atoms. The van der Waals surface area contributed by atoms with Gasteiger partial charge in [0.2, 0.25) is 0 Å². The number of rotatable bonds is 10. The van der Waals surface area contributed by atoms with Crippen molar-refractivity contribution >= 4 is 0 Å². The van der Waals surface area contributed by atoms with Gasteiger partial charge in [-0.15, -0.1) is 0 Å². The fourth-order valence-electron chi connectivity index (χ4n) is 2.79. The molecular formula is C16H33NO3. The van der Waals surface area contributed by atoms with Crippen LogP contribution in [0, 0.1) is 5.92 Å². The van der Waals surface area contributed by atoms with Gasteiger partial charge in [-0.05, 0) is 32.6 Å². The molecule has 4 heteroatoms. The van der Waals surface area contributed by atoms with Crippen molar-refractivity contribution in [2.45, 2.75) is 71.2 Å². The number of aliphatic hydroxyl groups excluding tert-OH is 1. The molecular weight excluding hydrogens is 254 g/mol. The minimum atomic E-state index is -0.423. The fourth-order valence-corrected chi connectivity index (χ4v) is 2.79. The molecule has 0 aromatic rings. The van der Waals surface area contributed by atoms with E-state index in [0.717, 1.165) is 13.0 Å². The molecule has 1 fully saturated rings. The topological polar surface area (TPSA) is 50.7 Å². The molecule has 0 saturated heterocycles. The summed E-state index contributed by atoms with van der Waals surface area (Å²) in [5, 5.41) is 13.1. The van der Waals surface area contributed by atoms with E-state index in [4.69, 9.17) is 9.47 Å². The minimum Gasteiger partial charge on any atom is -0.389 e. The van der Waals surface area contributed by atoms with E-state index < -0.39 is 6.10 Å². The van der Waals surface area contributed by atoms with Gasteiger partial charge >= 0.3 is 0 Å². The van der Waals surface area contributed by atoms with Crippen molar-refractivity contribution in [3.05, 3.63) is 0 Å².